The largest absolute Gasteiger partial charge is 0.493 e. The number of thiophene rings is 1. The van der Waals surface area contributed by atoms with Crippen molar-refractivity contribution in [2.45, 2.75) is 6.92 Å². The van der Waals surface area contributed by atoms with Crippen LogP contribution in [-0.4, -0.2) is 20.1 Å². The molecule has 7 nitrogen and oxygen atoms in total. The molecule has 1 heterocycles. The fourth-order valence-corrected chi connectivity index (χ4v) is 3.67. The van der Waals surface area contributed by atoms with Gasteiger partial charge in [0, 0.05) is 17.4 Å². The van der Waals surface area contributed by atoms with E-state index >= 15 is 0 Å². The number of hydrogen-bond donors (Lipinski definition) is 3. The minimum atomic E-state index is -0.409. The third-order valence-corrected chi connectivity index (χ3v) is 5.33. The predicted octanol–water partition coefficient (Wildman–Crippen LogP) is 4.52. The van der Waals surface area contributed by atoms with E-state index in [0.29, 0.717) is 22.2 Å². The van der Waals surface area contributed by atoms with Crippen molar-refractivity contribution in [1.29, 1.82) is 5.26 Å². The molecule has 0 unspecified atom stereocenters. The van der Waals surface area contributed by atoms with Crippen molar-refractivity contribution >= 4 is 39.3 Å². The molecule has 8 heteroatoms. The van der Waals surface area contributed by atoms with Crippen LogP contribution >= 0.6 is 11.3 Å². The summed E-state index contributed by atoms with van der Waals surface area (Å²) in [6.07, 6.45) is 0. The van der Waals surface area contributed by atoms with E-state index in [1.807, 2.05) is 31.2 Å². The Kier molecular flexibility index (Phi) is 5.90. The second-order valence-electron chi connectivity index (χ2n) is 6.18. The normalized spacial score (nSPS) is 10.1. The van der Waals surface area contributed by atoms with Crippen molar-refractivity contribution in [2.24, 2.45) is 0 Å². The molecule has 29 heavy (non-hydrogen) atoms. The van der Waals surface area contributed by atoms with Crippen LogP contribution in [0.2, 0.25) is 0 Å². The lowest BCUT2D eigenvalue weighted by molar-refractivity contribution is 0.103. The quantitative estimate of drug-likeness (QED) is 0.553. The van der Waals surface area contributed by atoms with Crippen LogP contribution in [-0.2, 0) is 0 Å². The summed E-state index contributed by atoms with van der Waals surface area (Å²) < 4.78 is 10.4. The number of hydrogen-bond acceptors (Lipinski definition) is 7. The second kappa shape index (κ2) is 8.54. The molecule has 0 saturated heterocycles. The number of amides is 1. The number of nitrogens with zero attached hydrogens (tertiary/aromatic N) is 1. The van der Waals surface area contributed by atoms with Gasteiger partial charge in [-0.15, -0.1) is 11.3 Å². The molecule has 0 aliphatic rings. The molecule has 0 atom stereocenters. The number of carbonyl (C=O) groups is 1. The number of nitriles is 1. The van der Waals surface area contributed by atoms with Crippen molar-refractivity contribution in [3.63, 3.8) is 0 Å². The highest BCUT2D eigenvalue weighted by atomic mass is 32.1. The van der Waals surface area contributed by atoms with Gasteiger partial charge in [-0.3, -0.25) is 4.79 Å². The molecule has 1 aromatic heterocycles. The van der Waals surface area contributed by atoms with E-state index in [1.54, 1.807) is 18.2 Å². The highest BCUT2D eigenvalue weighted by Gasteiger charge is 2.22. The highest BCUT2D eigenvalue weighted by molar-refractivity contribution is 7.19. The maximum atomic E-state index is 12.8. The van der Waals surface area contributed by atoms with Crippen LogP contribution in [0.5, 0.6) is 11.5 Å². The van der Waals surface area contributed by atoms with E-state index in [-0.39, 0.29) is 16.1 Å². The second-order valence-corrected chi connectivity index (χ2v) is 7.20. The highest BCUT2D eigenvalue weighted by Crippen LogP contribution is 2.38. The zero-order valence-electron chi connectivity index (χ0n) is 16.2. The molecule has 0 radical (unpaired) electrons. The van der Waals surface area contributed by atoms with Crippen LogP contribution in [0.25, 0.3) is 0 Å². The summed E-state index contributed by atoms with van der Waals surface area (Å²) in [5.41, 5.74) is 8.93. The van der Waals surface area contributed by atoms with E-state index in [1.165, 1.54) is 14.2 Å². The number of ether oxygens (including phenoxy) is 2. The molecular formula is C21H20N4O3S. The molecule has 3 rings (SSSR count). The number of nitrogens with one attached hydrogen (secondary N) is 2. The number of anilines is 4. The molecule has 148 valence electrons. The Labute approximate surface area is 172 Å². The summed E-state index contributed by atoms with van der Waals surface area (Å²) in [4.78, 5) is 13.0. The monoisotopic (exact) mass is 408 g/mol. The first-order valence-corrected chi connectivity index (χ1v) is 9.48. The lowest BCUT2D eigenvalue weighted by Crippen LogP contribution is -2.12. The number of nitrogen functional groups attached to an aromatic ring is 1. The minimum Gasteiger partial charge on any atom is -0.493 e. The minimum absolute atomic E-state index is 0.144. The third-order valence-electron chi connectivity index (χ3n) is 4.21. The number of methoxy groups -OCH3 is 2. The van der Waals surface area contributed by atoms with Crippen LogP contribution < -0.4 is 25.8 Å². The van der Waals surface area contributed by atoms with Crippen LogP contribution in [0.1, 0.15) is 20.8 Å². The zero-order valence-corrected chi connectivity index (χ0v) is 17.0. The van der Waals surface area contributed by atoms with Crippen molar-refractivity contribution < 1.29 is 14.3 Å². The molecular weight excluding hydrogens is 388 g/mol. The Morgan fingerprint density at radius 3 is 2.34 bits per heavy atom. The van der Waals surface area contributed by atoms with Gasteiger partial charge in [-0.25, -0.2) is 0 Å². The summed E-state index contributed by atoms with van der Waals surface area (Å²) in [7, 11) is 3.05. The fourth-order valence-electron chi connectivity index (χ4n) is 2.68. The Bertz CT molecular complexity index is 1080. The summed E-state index contributed by atoms with van der Waals surface area (Å²) >= 11 is 1.13. The van der Waals surface area contributed by atoms with Crippen LogP contribution in [0.3, 0.4) is 0 Å². The van der Waals surface area contributed by atoms with E-state index < -0.39 is 5.91 Å². The number of benzene rings is 2. The standard InChI is InChI=1S/C21H20N4O3S/c1-12-4-6-13(7-5-12)25-21-15(11-22)18(23)19(29-21)20(26)24-14-8-9-16(27-2)17(10-14)28-3/h4-10,25H,23H2,1-3H3,(H,24,26). The molecule has 0 aliphatic carbocycles. The number of aryl methyl sites for hydroxylation is 1. The van der Waals surface area contributed by atoms with Gasteiger partial charge in [0.1, 0.15) is 21.5 Å². The summed E-state index contributed by atoms with van der Waals surface area (Å²) in [6.45, 7) is 1.99. The molecule has 2 aromatic carbocycles. The average Bonchev–Trinajstić information content (AvgIpc) is 3.04. The van der Waals surface area contributed by atoms with Crippen LogP contribution in [0, 0.1) is 18.3 Å². The van der Waals surface area contributed by atoms with E-state index in [2.05, 4.69) is 16.7 Å². The maximum Gasteiger partial charge on any atom is 0.267 e. The van der Waals surface area contributed by atoms with Gasteiger partial charge >= 0.3 is 0 Å². The molecule has 4 N–H and O–H groups in total. The predicted molar refractivity (Wildman–Crippen MR) is 115 cm³/mol. The van der Waals surface area contributed by atoms with Crippen molar-refractivity contribution in [3.05, 3.63) is 58.5 Å². The molecule has 0 spiro atoms. The molecule has 1 amide bonds. The van der Waals surface area contributed by atoms with Crippen molar-refractivity contribution in [3.8, 4) is 17.6 Å². The molecule has 0 fully saturated rings. The Balaban J connectivity index is 1.87. The third kappa shape index (κ3) is 4.25. The Morgan fingerprint density at radius 1 is 1.07 bits per heavy atom. The lowest BCUT2D eigenvalue weighted by Gasteiger charge is -2.10. The van der Waals surface area contributed by atoms with E-state index in [9.17, 15) is 10.1 Å². The van der Waals surface area contributed by atoms with E-state index in [4.69, 9.17) is 15.2 Å². The maximum absolute atomic E-state index is 12.8. The van der Waals surface area contributed by atoms with Crippen molar-refractivity contribution in [2.75, 3.05) is 30.6 Å². The Morgan fingerprint density at radius 2 is 1.72 bits per heavy atom. The SMILES string of the molecule is COc1ccc(NC(=O)c2sc(Nc3ccc(C)cc3)c(C#N)c2N)cc1OC. The van der Waals surface area contributed by atoms with E-state index in [0.717, 1.165) is 22.6 Å². The number of carbonyl (C=O) groups excluding carboxylic acids is 1. The fraction of sp³-hybridized carbons (Fsp3) is 0.143. The average molecular weight is 408 g/mol. The van der Waals surface area contributed by atoms with Gasteiger partial charge < -0.3 is 25.8 Å². The molecule has 3 aromatic rings. The summed E-state index contributed by atoms with van der Waals surface area (Å²) in [5.74, 6) is 0.634. The topological polar surface area (TPSA) is 109 Å². The first-order chi connectivity index (χ1) is 14.0. The first-order valence-electron chi connectivity index (χ1n) is 8.66. The summed E-state index contributed by atoms with van der Waals surface area (Å²) in [5, 5.41) is 16.0. The summed E-state index contributed by atoms with van der Waals surface area (Å²) in [6, 6.07) is 14.8. The van der Waals surface area contributed by atoms with Gasteiger partial charge in [-0.2, -0.15) is 5.26 Å². The number of nitrogens with two attached hydrogens (primary N) is 1. The van der Waals surface area contributed by atoms with Gasteiger partial charge in [0.05, 0.1) is 19.9 Å². The Hall–Kier alpha value is -3.70. The van der Waals surface area contributed by atoms with Gasteiger partial charge in [-0.05, 0) is 31.2 Å². The van der Waals surface area contributed by atoms with Crippen LogP contribution in [0.4, 0.5) is 22.1 Å². The smallest absolute Gasteiger partial charge is 0.267 e. The van der Waals surface area contributed by atoms with Crippen LogP contribution in [0.15, 0.2) is 42.5 Å². The molecule has 0 saturated carbocycles. The van der Waals surface area contributed by atoms with Crippen molar-refractivity contribution in [1.82, 2.24) is 0 Å². The number of rotatable bonds is 6. The first kappa shape index (κ1) is 20.0. The van der Waals surface area contributed by atoms with Gasteiger partial charge in [0.2, 0.25) is 0 Å². The van der Waals surface area contributed by atoms with Gasteiger partial charge in [-0.1, -0.05) is 17.7 Å². The van der Waals surface area contributed by atoms with Gasteiger partial charge in [0.25, 0.3) is 5.91 Å². The lowest BCUT2D eigenvalue weighted by atomic mass is 10.2. The molecule has 0 bridgehead atoms. The van der Waals surface area contributed by atoms with Gasteiger partial charge in [0.15, 0.2) is 11.5 Å². The molecule has 0 aliphatic heterocycles. The zero-order chi connectivity index (χ0) is 21.0.